The highest BCUT2D eigenvalue weighted by atomic mass is 19.1. The van der Waals surface area contributed by atoms with Crippen LogP contribution in [0.4, 0.5) is 8.78 Å². The zero-order chi connectivity index (χ0) is 19.9. The Hall–Kier alpha value is -3.22. The molecule has 0 atom stereocenters. The Morgan fingerprint density at radius 1 is 1.18 bits per heavy atom. The first kappa shape index (κ1) is 19.5. The van der Waals surface area contributed by atoms with E-state index in [1.807, 2.05) is 17.7 Å². The van der Waals surface area contributed by atoms with Crippen LogP contribution < -0.4 is 10.1 Å². The SMILES string of the molecule is Cc1ccnn1CCCNC(=O)c1cccc(COc2ccc(F)cc2F)c1. The summed E-state index contributed by atoms with van der Waals surface area (Å²) in [5.41, 5.74) is 2.29. The summed E-state index contributed by atoms with van der Waals surface area (Å²) in [6.45, 7) is 3.31. The van der Waals surface area contributed by atoms with E-state index in [9.17, 15) is 13.6 Å². The molecule has 3 rings (SSSR count). The van der Waals surface area contributed by atoms with Gasteiger partial charge in [-0.2, -0.15) is 5.10 Å². The standard InChI is InChI=1S/C21H21F2N3O2/c1-15-8-10-25-26(15)11-3-9-24-21(27)17-5-2-4-16(12-17)14-28-20-7-6-18(22)13-19(20)23/h2,4-8,10,12-13H,3,9,11,14H2,1H3,(H,24,27). The topological polar surface area (TPSA) is 56.2 Å². The molecule has 7 heteroatoms. The molecule has 0 aliphatic rings. The van der Waals surface area contributed by atoms with E-state index in [-0.39, 0.29) is 18.3 Å². The second kappa shape index (κ2) is 9.12. The lowest BCUT2D eigenvalue weighted by molar-refractivity contribution is 0.0952. The van der Waals surface area contributed by atoms with Gasteiger partial charge in [0.05, 0.1) is 0 Å². The molecule has 3 aromatic rings. The number of carbonyl (C=O) groups excluding carboxylic acids is 1. The molecule has 0 radical (unpaired) electrons. The van der Waals surface area contributed by atoms with Crippen molar-refractivity contribution in [3.63, 3.8) is 0 Å². The van der Waals surface area contributed by atoms with E-state index >= 15 is 0 Å². The molecule has 0 aliphatic heterocycles. The van der Waals surface area contributed by atoms with Gasteiger partial charge in [-0.15, -0.1) is 0 Å². The molecule has 0 unspecified atom stereocenters. The van der Waals surface area contributed by atoms with Gasteiger partial charge in [0.25, 0.3) is 5.91 Å². The van der Waals surface area contributed by atoms with Gasteiger partial charge in [0, 0.05) is 36.6 Å². The van der Waals surface area contributed by atoms with E-state index in [1.54, 1.807) is 30.5 Å². The molecular weight excluding hydrogens is 364 g/mol. The van der Waals surface area contributed by atoms with Gasteiger partial charge < -0.3 is 10.1 Å². The number of aromatic nitrogens is 2. The van der Waals surface area contributed by atoms with E-state index in [2.05, 4.69) is 10.4 Å². The molecule has 1 amide bonds. The summed E-state index contributed by atoms with van der Waals surface area (Å²) in [7, 11) is 0. The Morgan fingerprint density at radius 3 is 2.79 bits per heavy atom. The monoisotopic (exact) mass is 385 g/mol. The van der Waals surface area contributed by atoms with Crippen molar-refractivity contribution in [3.8, 4) is 5.75 Å². The summed E-state index contributed by atoms with van der Waals surface area (Å²) in [5.74, 6) is -1.65. The number of hydrogen-bond acceptors (Lipinski definition) is 3. The van der Waals surface area contributed by atoms with Gasteiger partial charge in [0.1, 0.15) is 12.4 Å². The number of ether oxygens (including phenoxy) is 1. The van der Waals surface area contributed by atoms with Crippen molar-refractivity contribution in [3.05, 3.63) is 83.2 Å². The van der Waals surface area contributed by atoms with E-state index < -0.39 is 11.6 Å². The molecule has 0 bridgehead atoms. The molecule has 0 aliphatic carbocycles. The van der Waals surface area contributed by atoms with Crippen molar-refractivity contribution < 1.29 is 18.3 Å². The molecule has 2 aromatic carbocycles. The summed E-state index contributed by atoms with van der Waals surface area (Å²) in [5, 5.41) is 7.08. The van der Waals surface area contributed by atoms with Crippen LogP contribution in [0, 0.1) is 18.6 Å². The van der Waals surface area contributed by atoms with E-state index in [0.29, 0.717) is 17.7 Å². The fourth-order valence-electron chi connectivity index (χ4n) is 2.72. The number of aryl methyl sites for hydroxylation is 2. The number of amides is 1. The number of halogens is 2. The van der Waals surface area contributed by atoms with Gasteiger partial charge >= 0.3 is 0 Å². The first-order chi connectivity index (χ1) is 13.5. The van der Waals surface area contributed by atoms with Crippen LogP contribution in [0.25, 0.3) is 0 Å². The van der Waals surface area contributed by atoms with Crippen molar-refractivity contribution in [2.45, 2.75) is 26.5 Å². The van der Waals surface area contributed by atoms with Crippen molar-refractivity contribution >= 4 is 5.91 Å². The minimum Gasteiger partial charge on any atom is -0.486 e. The second-order valence-electron chi connectivity index (χ2n) is 6.37. The molecule has 1 heterocycles. The highest BCUT2D eigenvalue weighted by Gasteiger charge is 2.08. The third-order valence-electron chi connectivity index (χ3n) is 4.24. The lowest BCUT2D eigenvalue weighted by Crippen LogP contribution is -2.25. The summed E-state index contributed by atoms with van der Waals surface area (Å²) < 4.78 is 33.8. The third kappa shape index (κ3) is 5.16. The second-order valence-corrected chi connectivity index (χ2v) is 6.37. The maximum atomic E-state index is 13.6. The number of hydrogen-bond donors (Lipinski definition) is 1. The minimum atomic E-state index is -0.763. The molecule has 0 fully saturated rings. The molecule has 0 saturated heterocycles. The quantitative estimate of drug-likeness (QED) is 0.599. The lowest BCUT2D eigenvalue weighted by Gasteiger charge is -2.10. The fraction of sp³-hybridized carbons (Fsp3) is 0.238. The number of carbonyl (C=O) groups is 1. The van der Waals surface area contributed by atoms with Gasteiger partial charge in [-0.1, -0.05) is 12.1 Å². The van der Waals surface area contributed by atoms with Crippen LogP contribution in [0.15, 0.2) is 54.7 Å². The van der Waals surface area contributed by atoms with Crippen LogP contribution in [-0.2, 0) is 13.2 Å². The minimum absolute atomic E-state index is 0.0369. The summed E-state index contributed by atoms with van der Waals surface area (Å²) in [6.07, 6.45) is 2.51. The van der Waals surface area contributed by atoms with Gasteiger partial charge in [-0.3, -0.25) is 9.48 Å². The Morgan fingerprint density at radius 2 is 2.04 bits per heavy atom. The van der Waals surface area contributed by atoms with E-state index in [0.717, 1.165) is 30.8 Å². The first-order valence-electron chi connectivity index (χ1n) is 8.96. The number of benzene rings is 2. The van der Waals surface area contributed by atoms with Gasteiger partial charge in [-0.25, -0.2) is 8.78 Å². The molecule has 5 nitrogen and oxygen atoms in total. The normalized spacial score (nSPS) is 10.7. The Kier molecular flexibility index (Phi) is 6.37. The van der Waals surface area contributed by atoms with Crippen LogP contribution >= 0.6 is 0 Å². The van der Waals surface area contributed by atoms with Gasteiger partial charge in [-0.05, 0) is 49.2 Å². The lowest BCUT2D eigenvalue weighted by atomic mass is 10.1. The highest BCUT2D eigenvalue weighted by Crippen LogP contribution is 2.19. The Balaban J connectivity index is 1.50. The van der Waals surface area contributed by atoms with E-state index in [1.165, 1.54) is 6.07 Å². The molecule has 1 N–H and O–H groups in total. The maximum absolute atomic E-state index is 13.6. The van der Waals surface area contributed by atoms with Gasteiger partial charge in [0.15, 0.2) is 11.6 Å². The van der Waals surface area contributed by atoms with Crippen molar-refractivity contribution in [2.24, 2.45) is 0 Å². The predicted molar refractivity (Wildman–Crippen MR) is 101 cm³/mol. The Labute approximate surface area is 161 Å². The molecule has 0 spiro atoms. The first-order valence-corrected chi connectivity index (χ1v) is 8.96. The smallest absolute Gasteiger partial charge is 0.251 e. The zero-order valence-electron chi connectivity index (χ0n) is 15.5. The number of rotatable bonds is 8. The molecule has 146 valence electrons. The average Bonchev–Trinajstić information content (AvgIpc) is 3.09. The summed E-state index contributed by atoms with van der Waals surface area (Å²) in [6, 6.07) is 12.0. The highest BCUT2D eigenvalue weighted by molar-refractivity contribution is 5.94. The fourth-order valence-corrected chi connectivity index (χ4v) is 2.72. The largest absolute Gasteiger partial charge is 0.486 e. The molecular formula is C21H21F2N3O2. The van der Waals surface area contributed by atoms with Crippen LogP contribution in [0.1, 0.15) is 28.0 Å². The van der Waals surface area contributed by atoms with Crippen LogP contribution in [-0.4, -0.2) is 22.2 Å². The summed E-state index contributed by atoms with van der Waals surface area (Å²) >= 11 is 0. The zero-order valence-corrected chi connectivity index (χ0v) is 15.5. The average molecular weight is 385 g/mol. The van der Waals surface area contributed by atoms with Crippen LogP contribution in [0.5, 0.6) is 5.75 Å². The molecule has 1 aromatic heterocycles. The summed E-state index contributed by atoms with van der Waals surface area (Å²) in [4.78, 5) is 12.3. The van der Waals surface area contributed by atoms with E-state index in [4.69, 9.17) is 4.74 Å². The van der Waals surface area contributed by atoms with Crippen molar-refractivity contribution in [1.82, 2.24) is 15.1 Å². The van der Waals surface area contributed by atoms with Crippen LogP contribution in [0.2, 0.25) is 0 Å². The van der Waals surface area contributed by atoms with Crippen molar-refractivity contribution in [2.75, 3.05) is 6.54 Å². The van der Waals surface area contributed by atoms with Crippen molar-refractivity contribution in [1.29, 1.82) is 0 Å². The Bertz CT molecular complexity index is 956. The predicted octanol–water partition coefficient (Wildman–Crippen LogP) is 3.87. The van der Waals surface area contributed by atoms with Crippen LogP contribution in [0.3, 0.4) is 0 Å². The molecule has 28 heavy (non-hydrogen) atoms. The third-order valence-corrected chi connectivity index (χ3v) is 4.24. The molecule has 0 saturated carbocycles. The number of nitrogens with one attached hydrogen (secondary N) is 1. The maximum Gasteiger partial charge on any atom is 0.251 e. The van der Waals surface area contributed by atoms with Gasteiger partial charge in [0.2, 0.25) is 0 Å². The number of nitrogens with zero attached hydrogens (tertiary/aromatic N) is 2.